The molecule has 28 heavy (non-hydrogen) atoms. The molecule has 4 rings (SSSR count). The van der Waals surface area contributed by atoms with Gasteiger partial charge >= 0.3 is 0 Å². The van der Waals surface area contributed by atoms with Crippen molar-refractivity contribution in [2.45, 2.75) is 12.5 Å². The molecule has 0 amide bonds. The molecular weight excluding hydrogens is 348 g/mol. The predicted octanol–water partition coefficient (Wildman–Crippen LogP) is 3.09. The zero-order chi connectivity index (χ0) is 19.3. The molecule has 0 unspecified atom stereocenters. The van der Waals surface area contributed by atoms with E-state index >= 15 is 0 Å². The molecule has 0 spiro atoms. The number of aromatic nitrogens is 4. The highest BCUT2D eigenvalue weighted by Gasteiger charge is 2.15. The van der Waals surface area contributed by atoms with E-state index in [0.29, 0.717) is 12.4 Å². The number of hydrogen-bond acceptors (Lipinski definition) is 6. The van der Waals surface area contributed by atoms with Crippen molar-refractivity contribution in [3.63, 3.8) is 0 Å². The maximum Gasteiger partial charge on any atom is 0.162 e. The number of pyridine rings is 2. The van der Waals surface area contributed by atoms with Gasteiger partial charge in [-0.3, -0.25) is 9.97 Å². The molecular formula is C22H22N6. The fraction of sp³-hybridized carbons (Fsp3) is 0.182. The van der Waals surface area contributed by atoms with Gasteiger partial charge in [0.25, 0.3) is 0 Å². The minimum absolute atomic E-state index is 0.0105. The molecule has 140 valence electrons. The maximum atomic E-state index is 6.43. The molecule has 0 aliphatic rings. The van der Waals surface area contributed by atoms with Gasteiger partial charge in [-0.25, -0.2) is 9.97 Å². The first-order valence-corrected chi connectivity index (χ1v) is 9.23. The van der Waals surface area contributed by atoms with Crippen LogP contribution in [0.25, 0.3) is 22.3 Å². The third-order valence-electron chi connectivity index (χ3n) is 4.63. The summed E-state index contributed by atoms with van der Waals surface area (Å²) < 4.78 is 0. The fourth-order valence-corrected chi connectivity index (χ4v) is 3.30. The number of benzene rings is 1. The average Bonchev–Trinajstić information content (AvgIpc) is 2.74. The van der Waals surface area contributed by atoms with E-state index in [1.807, 2.05) is 43.4 Å². The highest BCUT2D eigenvalue weighted by molar-refractivity contribution is 5.90. The van der Waals surface area contributed by atoms with Gasteiger partial charge in [0, 0.05) is 49.2 Å². The Morgan fingerprint density at radius 2 is 1.68 bits per heavy atom. The van der Waals surface area contributed by atoms with Crippen LogP contribution < -0.4 is 10.6 Å². The number of nitrogens with zero attached hydrogens (tertiary/aromatic N) is 5. The number of hydrogen-bond donors (Lipinski definition) is 1. The second-order valence-corrected chi connectivity index (χ2v) is 6.83. The molecule has 0 bridgehead atoms. The van der Waals surface area contributed by atoms with E-state index in [4.69, 9.17) is 10.7 Å². The van der Waals surface area contributed by atoms with Gasteiger partial charge in [-0.15, -0.1) is 0 Å². The van der Waals surface area contributed by atoms with Crippen LogP contribution in [0, 0.1) is 0 Å². The molecule has 2 N–H and O–H groups in total. The average molecular weight is 370 g/mol. The molecule has 6 nitrogen and oxygen atoms in total. The molecule has 4 aromatic rings. The Labute approximate surface area is 164 Å². The molecule has 0 saturated heterocycles. The summed E-state index contributed by atoms with van der Waals surface area (Å²) in [5.74, 6) is 1.50. The summed E-state index contributed by atoms with van der Waals surface area (Å²) in [6.45, 7) is 0.680. The van der Waals surface area contributed by atoms with E-state index in [1.165, 1.54) is 5.56 Å². The normalized spacial score (nSPS) is 12.1. The minimum atomic E-state index is -0.0105. The van der Waals surface area contributed by atoms with Crippen LogP contribution in [0.3, 0.4) is 0 Å². The molecule has 0 aliphatic heterocycles. The molecule has 1 aromatic carbocycles. The Morgan fingerprint density at radius 1 is 0.929 bits per heavy atom. The second kappa shape index (κ2) is 8.10. The largest absolute Gasteiger partial charge is 0.357 e. The van der Waals surface area contributed by atoms with E-state index in [1.54, 1.807) is 24.8 Å². The van der Waals surface area contributed by atoms with Crippen LogP contribution in [0.15, 0.2) is 73.3 Å². The van der Waals surface area contributed by atoms with Gasteiger partial charge in [0.1, 0.15) is 5.82 Å². The second-order valence-electron chi connectivity index (χ2n) is 6.83. The fourth-order valence-electron chi connectivity index (χ4n) is 3.30. The minimum Gasteiger partial charge on any atom is -0.357 e. The molecule has 1 atom stereocenters. The number of rotatable bonds is 6. The van der Waals surface area contributed by atoms with Crippen LogP contribution in [0.4, 0.5) is 5.82 Å². The van der Waals surface area contributed by atoms with Crippen molar-refractivity contribution in [1.82, 2.24) is 19.9 Å². The number of fused-ring (bicyclic) bond motifs is 1. The zero-order valence-electron chi connectivity index (χ0n) is 15.7. The quantitative estimate of drug-likeness (QED) is 0.562. The van der Waals surface area contributed by atoms with Gasteiger partial charge in [-0.05, 0) is 30.2 Å². The molecule has 3 heterocycles. The lowest BCUT2D eigenvalue weighted by molar-refractivity contribution is 0.653. The monoisotopic (exact) mass is 370 g/mol. The van der Waals surface area contributed by atoms with Crippen molar-refractivity contribution in [3.8, 4) is 11.4 Å². The van der Waals surface area contributed by atoms with Gasteiger partial charge in [0.05, 0.1) is 11.7 Å². The van der Waals surface area contributed by atoms with Crippen molar-refractivity contribution in [3.05, 3.63) is 78.9 Å². The van der Waals surface area contributed by atoms with Crippen LogP contribution in [-0.4, -0.2) is 39.6 Å². The Balaban J connectivity index is 1.64. The van der Waals surface area contributed by atoms with Crippen molar-refractivity contribution in [2.24, 2.45) is 5.73 Å². The lowest BCUT2D eigenvalue weighted by atomic mass is 10.1. The number of anilines is 1. The third kappa shape index (κ3) is 3.97. The van der Waals surface area contributed by atoms with Gasteiger partial charge in [0.15, 0.2) is 5.82 Å². The van der Waals surface area contributed by atoms with E-state index in [0.717, 1.165) is 28.7 Å². The summed E-state index contributed by atoms with van der Waals surface area (Å²) in [6, 6.07) is 16.0. The first-order valence-electron chi connectivity index (χ1n) is 9.23. The molecule has 0 saturated carbocycles. The molecule has 0 fully saturated rings. The van der Waals surface area contributed by atoms with Gasteiger partial charge in [-0.1, -0.05) is 30.3 Å². The van der Waals surface area contributed by atoms with Crippen molar-refractivity contribution in [2.75, 3.05) is 18.5 Å². The SMILES string of the molecule is CN(C[C@H](N)Cc1ccccc1)c1nc(-c2ccncc2)nc2cnccc12. The molecule has 3 aromatic heterocycles. The summed E-state index contributed by atoms with van der Waals surface area (Å²) in [5, 5.41) is 0.960. The van der Waals surface area contributed by atoms with Crippen molar-refractivity contribution in [1.29, 1.82) is 0 Å². The third-order valence-corrected chi connectivity index (χ3v) is 4.63. The van der Waals surface area contributed by atoms with E-state index in [2.05, 4.69) is 32.0 Å². The first kappa shape index (κ1) is 18.0. The lowest BCUT2D eigenvalue weighted by Gasteiger charge is -2.24. The van der Waals surface area contributed by atoms with E-state index in [-0.39, 0.29) is 6.04 Å². The van der Waals surface area contributed by atoms with Gasteiger partial charge in [0.2, 0.25) is 0 Å². The van der Waals surface area contributed by atoms with Crippen LogP contribution in [0.5, 0.6) is 0 Å². The zero-order valence-corrected chi connectivity index (χ0v) is 15.7. The highest BCUT2D eigenvalue weighted by atomic mass is 15.2. The van der Waals surface area contributed by atoms with Crippen molar-refractivity contribution < 1.29 is 0 Å². The van der Waals surface area contributed by atoms with Crippen molar-refractivity contribution >= 4 is 16.7 Å². The molecule has 0 aliphatic carbocycles. The van der Waals surface area contributed by atoms with Crippen LogP contribution in [0.2, 0.25) is 0 Å². The molecule has 6 heteroatoms. The predicted molar refractivity (Wildman–Crippen MR) is 112 cm³/mol. The van der Waals surface area contributed by atoms with Gasteiger partial charge < -0.3 is 10.6 Å². The first-order chi connectivity index (χ1) is 13.7. The highest BCUT2D eigenvalue weighted by Crippen LogP contribution is 2.26. The summed E-state index contributed by atoms with van der Waals surface area (Å²) in [7, 11) is 2.02. The Kier molecular flexibility index (Phi) is 5.21. The smallest absolute Gasteiger partial charge is 0.162 e. The Morgan fingerprint density at radius 3 is 2.46 bits per heavy atom. The summed E-state index contributed by atoms with van der Waals surface area (Å²) in [5.41, 5.74) is 9.39. The van der Waals surface area contributed by atoms with Crippen LogP contribution >= 0.6 is 0 Å². The lowest BCUT2D eigenvalue weighted by Crippen LogP contribution is -2.37. The summed E-state index contributed by atoms with van der Waals surface area (Å²) in [6.07, 6.45) is 7.82. The number of nitrogens with two attached hydrogens (primary N) is 1. The Bertz CT molecular complexity index is 1050. The van der Waals surface area contributed by atoms with E-state index in [9.17, 15) is 0 Å². The topological polar surface area (TPSA) is 80.8 Å². The summed E-state index contributed by atoms with van der Waals surface area (Å²) >= 11 is 0. The van der Waals surface area contributed by atoms with E-state index < -0.39 is 0 Å². The molecule has 0 radical (unpaired) electrons. The van der Waals surface area contributed by atoms with Crippen LogP contribution in [-0.2, 0) is 6.42 Å². The number of likely N-dealkylation sites (N-methyl/N-ethyl adjacent to an activating group) is 1. The maximum absolute atomic E-state index is 6.43. The van der Waals surface area contributed by atoms with Gasteiger partial charge in [-0.2, -0.15) is 0 Å². The Hall–Kier alpha value is -3.38. The summed E-state index contributed by atoms with van der Waals surface area (Å²) in [4.78, 5) is 19.9. The standard InChI is InChI=1S/C22H22N6/c1-28(15-18(23)13-16-5-3-2-4-6-16)22-19-9-12-25-14-20(19)26-21(27-22)17-7-10-24-11-8-17/h2-12,14,18H,13,15,23H2,1H3/t18-/m1/s1. The van der Waals surface area contributed by atoms with Crippen LogP contribution in [0.1, 0.15) is 5.56 Å².